The summed E-state index contributed by atoms with van der Waals surface area (Å²) < 4.78 is 0. The summed E-state index contributed by atoms with van der Waals surface area (Å²) >= 11 is 0. The number of hydrogen-bond donors (Lipinski definition) is 2. The summed E-state index contributed by atoms with van der Waals surface area (Å²) in [5, 5.41) is 6.10. The van der Waals surface area contributed by atoms with Crippen molar-refractivity contribution in [2.45, 2.75) is 57.4 Å². The second-order valence-corrected chi connectivity index (χ2v) is 7.71. The summed E-state index contributed by atoms with van der Waals surface area (Å²) in [5.74, 6) is 2.82. The maximum atomic E-state index is 12.8. The van der Waals surface area contributed by atoms with Gasteiger partial charge in [-0.25, -0.2) is 0 Å². The molecule has 4 aliphatic carbocycles. The van der Waals surface area contributed by atoms with Crippen LogP contribution >= 0.6 is 0 Å². The van der Waals surface area contributed by atoms with Crippen LogP contribution in [0.1, 0.15) is 51.4 Å². The zero-order valence-electron chi connectivity index (χ0n) is 12.0. The molecular weight excluding hydrogens is 252 g/mol. The van der Waals surface area contributed by atoms with E-state index in [1.165, 1.54) is 19.3 Å². The Balaban J connectivity index is 1.44. The number of hydrogen-bond acceptors (Lipinski definition) is 2. The van der Waals surface area contributed by atoms with E-state index in [-0.39, 0.29) is 23.3 Å². The van der Waals surface area contributed by atoms with Crippen LogP contribution in [0, 0.1) is 23.2 Å². The third-order valence-electron chi connectivity index (χ3n) is 6.12. The van der Waals surface area contributed by atoms with Crippen LogP contribution in [0.15, 0.2) is 0 Å². The van der Waals surface area contributed by atoms with Gasteiger partial charge in [0.2, 0.25) is 11.8 Å². The third-order valence-corrected chi connectivity index (χ3v) is 6.12. The molecule has 5 fully saturated rings. The minimum atomic E-state index is -0.0593. The smallest absolute Gasteiger partial charge is 0.226 e. The largest absolute Gasteiger partial charge is 0.354 e. The molecule has 5 aliphatic rings. The fourth-order valence-corrected chi connectivity index (χ4v) is 5.58. The van der Waals surface area contributed by atoms with Crippen LogP contribution in [0.25, 0.3) is 0 Å². The van der Waals surface area contributed by atoms with Crippen molar-refractivity contribution < 1.29 is 9.59 Å². The Labute approximate surface area is 120 Å². The molecule has 1 aliphatic heterocycles. The van der Waals surface area contributed by atoms with Crippen LogP contribution < -0.4 is 10.6 Å². The van der Waals surface area contributed by atoms with Gasteiger partial charge < -0.3 is 10.6 Å². The summed E-state index contributed by atoms with van der Waals surface area (Å²) in [6.07, 6.45) is 8.79. The van der Waals surface area contributed by atoms with E-state index in [0.29, 0.717) is 13.0 Å². The molecule has 2 N–H and O–H groups in total. The molecule has 5 rings (SSSR count). The maximum absolute atomic E-state index is 12.8. The molecule has 4 saturated carbocycles. The minimum Gasteiger partial charge on any atom is -0.354 e. The highest BCUT2D eigenvalue weighted by atomic mass is 16.2. The Bertz CT molecular complexity index is 400. The van der Waals surface area contributed by atoms with Gasteiger partial charge in [0.25, 0.3) is 0 Å². The molecule has 0 aromatic carbocycles. The maximum Gasteiger partial charge on any atom is 0.226 e. The van der Waals surface area contributed by atoms with Gasteiger partial charge in [0, 0.05) is 24.4 Å². The first-order valence-corrected chi connectivity index (χ1v) is 8.21. The van der Waals surface area contributed by atoms with Gasteiger partial charge in [-0.2, -0.15) is 0 Å². The lowest BCUT2D eigenvalue weighted by atomic mass is 9.49. The van der Waals surface area contributed by atoms with Gasteiger partial charge in [0.15, 0.2) is 0 Å². The Morgan fingerprint density at radius 2 is 1.70 bits per heavy atom. The molecule has 0 aromatic heterocycles. The molecule has 20 heavy (non-hydrogen) atoms. The van der Waals surface area contributed by atoms with Crippen LogP contribution in [0.5, 0.6) is 0 Å². The molecule has 1 unspecified atom stereocenters. The van der Waals surface area contributed by atoms with Gasteiger partial charge in [-0.15, -0.1) is 0 Å². The molecule has 2 amide bonds. The zero-order valence-corrected chi connectivity index (χ0v) is 12.0. The van der Waals surface area contributed by atoms with Crippen LogP contribution in [0.2, 0.25) is 0 Å². The van der Waals surface area contributed by atoms with Gasteiger partial charge in [-0.3, -0.25) is 9.59 Å². The number of piperidine rings is 1. The lowest BCUT2D eigenvalue weighted by Gasteiger charge is -2.56. The molecule has 1 heterocycles. The quantitative estimate of drug-likeness (QED) is 0.805. The van der Waals surface area contributed by atoms with Crippen LogP contribution in [0.4, 0.5) is 0 Å². The minimum absolute atomic E-state index is 0.0593. The second-order valence-electron chi connectivity index (χ2n) is 7.71. The van der Waals surface area contributed by atoms with Crippen molar-refractivity contribution in [2.24, 2.45) is 23.2 Å². The Morgan fingerprint density at radius 1 is 1.10 bits per heavy atom. The first kappa shape index (κ1) is 12.7. The normalized spacial score (nSPS) is 46.1. The van der Waals surface area contributed by atoms with Crippen molar-refractivity contribution in [1.29, 1.82) is 0 Å². The van der Waals surface area contributed by atoms with E-state index in [2.05, 4.69) is 10.6 Å². The van der Waals surface area contributed by atoms with Crippen LogP contribution in [-0.4, -0.2) is 24.4 Å². The summed E-state index contributed by atoms with van der Waals surface area (Å²) in [5.41, 5.74) is -0.0593. The highest BCUT2D eigenvalue weighted by molar-refractivity contribution is 5.84. The van der Waals surface area contributed by atoms with Gasteiger partial charge in [-0.05, 0) is 62.7 Å². The zero-order chi connectivity index (χ0) is 13.7. The molecule has 4 nitrogen and oxygen atoms in total. The fourth-order valence-electron chi connectivity index (χ4n) is 5.58. The SMILES string of the molecule is O=C1CCC(NC(=O)C23CC4CC(CC(C4)C2)C3)CN1. The van der Waals surface area contributed by atoms with Gasteiger partial charge in [0.05, 0.1) is 0 Å². The number of rotatable bonds is 2. The molecule has 0 radical (unpaired) electrons. The van der Waals surface area contributed by atoms with E-state index >= 15 is 0 Å². The number of nitrogens with one attached hydrogen (secondary N) is 2. The summed E-state index contributed by atoms with van der Waals surface area (Å²) in [6.45, 7) is 0.608. The average Bonchev–Trinajstić information content (AvgIpc) is 2.40. The Hall–Kier alpha value is -1.06. The third kappa shape index (κ3) is 2.04. The van der Waals surface area contributed by atoms with Crippen molar-refractivity contribution in [3.05, 3.63) is 0 Å². The number of carbonyl (C=O) groups is 2. The fraction of sp³-hybridized carbons (Fsp3) is 0.875. The average molecular weight is 276 g/mol. The van der Waals surface area contributed by atoms with Crippen molar-refractivity contribution in [2.75, 3.05) is 6.54 Å². The summed E-state index contributed by atoms with van der Waals surface area (Å²) in [4.78, 5) is 24.0. The lowest BCUT2D eigenvalue weighted by molar-refractivity contribution is -0.147. The Kier molecular flexibility index (Phi) is 2.83. The van der Waals surface area contributed by atoms with Crippen molar-refractivity contribution in [3.63, 3.8) is 0 Å². The highest BCUT2D eigenvalue weighted by Gasteiger charge is 2.54. The van der Waals surface area contributed by atoms with Gasteiger partial charge >= 0.3 is 0 Å². The van der Waals surface area contributed by atoms with E-state index in [0.717, 1.165) is 43.4 Å². The second kappa shape index (κ2) is 4.47. The van der Waals surface area contributed by atoms with Crippen molar-refractivity contribution in [3.8, 4) is 0 Å². The summed E-state index contributed by atoms with van der Waals surface area (Å²) in [7, 11) is 0. The van der Waals surface area contributed by atoms with E-state index < -0.39 is 0 Å². The van der Waals surface area contributed by atoms with Gasteiger partial charge in [-0.1, -0.05) is 0 Å². The topological polar surface area (TPSA) is 58.2 Å². The lowest BCUT2D eigenvalue weighted by Crippen LogP contribution is -2.57. The van der Waals surface area contributed by atoms with E-state index in [4.69, 9.17) is 0 Å². The van der Waals surface area contributed by atoms with E-state index in [9.17, 15) is 9.59 Å². The number of carbonyl (C=O) groups excluding carboxylic acids is 2. The van der Waals surface area contributed by atoms with Crippen molar-refractivity contribution in [1.82, 2.24) is 10.6 Å². The van der Waals surface area contributed by atoms with E-state index in [1.807, 2.05) is 0 Å². The van der Waals surface area contributed by atoms with Crippen LogP contribution in [0.3, 0.4) is 0 Å². The Morgan fingerprint density at radius 3 is 2.20 bits per heavy atom. The molecule has 0 spiro atoms. The first-order chi connectivity index (χ1) is 9.63. The highest BCUT2D eigenvalue weighted by Crippen LogP contribution is 2.60. The molecule has 0 aromatic rings. The monoisotopic (exact) mass is 276 g/mol. The number of amides is 2. The molecule has 4 heteroatoms. The molecule has 4 bridgehead atoms. The first-order valence-electron chi connectivity index (χ1n) is 8.21. The molecule has 1 atom stereocenters. The van der Waals surface area contributed by atoms with Gasteiger partial charge in [0.1, 0.15) is 0 Å². The van der Waals surface area contributed by atoms with Crippen LogP contribution in [-0.2, 0) is 9.59 Å². The predicted octanol–water partition coefficient (Wildman–Crippen LogP) is 1.60. The molecular formula is C16H24N2O2. The standard InChI is InChI=1S/C16H24N2O2/c19-14-2-1-13(9-17-14)18-15(20)16-6-10-3-11(7-16)5-12(4-10)8-16/h10-13H,1-9H2,(H,17,19)(H,18,20). The van der Waals surface area contributed by atoms with E-state index in [1.54, 1.807) is 0 Å². The predicted molar refractivity (Wildman–Crippen MR) is 74.8 cm³/mol. The summed E-state index contributed by atoms with van der Waals surface area (Å²) in [6, 6.07) is 0.146. The van der Waals surface area contributed by atoms with Crippen molar-refractivity contribution >= 4 is 11.8 Å². The molecule has 1 saturated heterocycles. The molecule has 110 valence electrons.